The lowest BCUT2D eigenvalue weighted by molar-refractivity contribution is 0.0959. The summed E-state index contributed by atoms with van der Waals surface area (Å²) in [5.74, 6) is -1.69. The molecule has 0 fully saturated rings. The quantitative estimate of drug-likeness (QED) is 0.556. The van der Waals surface area contributed by atoms with E-state index in [4.69, 9.17) is 4.74 Å². The fourth-order valence-electron chi connectivity index (χ4n) is 1.22. The Morgan fingerprint density at radius 2 is 2.13 bits per heavy atom. The molecule has 0 aromatic heterocycles. The second kappa shape index (κ2) is 5.56. The zero-order valence-corrected chi connectivity index (χ0v) is 8.43. The number of hydrogen-bond donors (Lipinski definition) is 0. The molecule has 0 bridgehead atoms. The van der Waals surface area contributed by atoms with Crippen LogP contribution in [-0.4, -0.2) is 19.5 Å². The molecule has 0 amide bonds. The highest BCUT2D eigenvalue weighted by Gasteiger charge is 2.12. The molecule has 0 aliphatic rings. The number of carbonyl (C=O) groups excluding carboxylic acids is 1. The van der Waals surface area contributed by atoms with Gasteiger partial charge in [-0.05, 0) is 24.6 Å². The van der Waals surface area contributed by atoms with E-state index in [-0.39, 0.29) is 12.0 Å². The van der Waals surface area contributed by atoms with Crippen LogP contribution in [0.15, 0.2) is 18.2 Å². The van der Waals surface area contributed by atoms with E-state index in [1.165, 1.54) is 7.11 Å². The summed E-state index contributed by atoms with van der Waals surface area (Å²) < 4.78 is 30.6. The summed E-state index contributed by atoms with van der Waals surface area (Å²) in [6.45, 7) is 0.433. The highest BCUT2D eigenvalue weighted by Crippen LogP contribution is 2.12. The van der Waals surface area contributed by atoms with Crippen LogP contribution in [0.2, 0.25) is 0 Å². The molecule has 0 atom stereocenters. The van der Waals surface area contributed by atoms with Crippen LogP contribution < -0.4 is 0 Å². The van der Waals surface area contributed by atoms with Crippen molar-refractivity contribution in [3.8, 4) is 0 Å². The molecule has 1 rings (SSSR count). The molecule has 0 radical (unpaired) electrons. The molecule has 0 saturated carbocycles. The Hall–Kier alpha value is -1.29. The monoisotopic (exact) mass is 214 g/mol. The average Bonchev–Trinajstić information content (AvgIpc) is 2.22. The van der Waals surface area contributed by atoms with Gasteiger partial charge in [0, 0.05) is 20.1 Å². The molecule has 82 valence electrons. The van der Waals surface area contributed by atoms with Crippen molar-refractivity contribution < 1.29 is 18.3 Å². The molecule has 1 aromatic carbocycles. The maximum atomic E-state index is 13.1. The number of ketones is 1. The normalized spacial score (nSPS) is 10.3. The van der Waals surface area contributed by atoms with Crippen molar-refractivity contribution in [1.82, 2.24) is 0 Å². The van der Waals surface area contributed by atoms with Crippen LogP contribution in [0.3, 0.4) is 0 Å². The zero-order valence-electron chi connectivity index (χ0n) is 8.43. The third kappa shape index (κ3) is 3.40. The number of rotatable bonds is 5. The summed E-state index contributed by atoms with van der Waals surface area (Å²) in [4.78, 5) is 11.4. The smallest absolute Gasteiger partial charge is 0.166 e. The number of ether oxygens (including phenoxy) is 1. The third-order valence-electron chi connectivity index (χ3n) is 1.98. The van der Waals surface area contributed by atoms with E-state index in [1.54, 1.807) is 0 Å². The fraction of sp³-hybridized carbons (Fsp3) is 0.364. The summed E-state index contributed by atoms with van der Waals surface area (Å²) in [5, 5.41) is 0. The first-order chi connectivity index (χ1) is 7.15. The minimum Gasteiger partial charge on any atom is -0.385 e. The van der Waals surface area contributed by atoms with Crippen LogP contribution in [-0.2, 0) is 4.74 Å². The van der Waals surface area contributed by atoms with Gasteiger partial charge >= 0.3 is 0 Å². The topological polar surface area (TPSA) is 26.3 Å². The Morgan fingerprint density at radius 3 is 2.80 bits per heavy atom. The van der Waals surface area contributed by atoms with Crippen LogP contribution >= 0.6 is 0 Å². The van der Waals surface area contributed by atoms with Gasteiger partial charge in [-0.2, -0.15) is 0 Å². The summed E-state index contributed by atoms with van der Waals surface area (Å²) in [6.07, 6.45) is 0.666. The molecule has 0 aliphatic heterocycles. The predicted octanol–water partition coefficient (Wildman–Crippen LogP) is 2.57. The van der Waals surface area contributed by atoms with Crippen molar-refractivity contribution in [1.29, 1.82) is 0 Å². The van der Waals surface area contributed by atoms with Crippen LogP contribution in [0.4, 0.5) is 8.78 Å². The highest BCUT2D eigenvalue weighted by atomic mass is 19.1. The summed E-state index contributed by atoms with van der Waals surface area (Å²) >= 11 is 0. The van der Waals surface area contributed by atoms with Gasteiger partial charge < -0.3 is 4.74 Å². The van der Waals surface area contributed by atoms with E-state index < -0.39 is 17.4 Å². The molecular formula is C11H12F2O2. The molecule has 0 aliphatic carbocycles. The molecular weight excluding hydrogens is 202 g/mol. The van der Waals surface area contributed by atoms with Crippen LogP contribution in [0, 0.1) is 11.6 Å². The molecule has 0 N–H and O–H groups in total. The molecule has 0 unspecified atom stereocenters. The number of halogens is 2. The van der Waals surface area contributed by atoms with E-state index in [0.717, 1.165) is 18.2 Å². The van der Waals surface area contributed by atoms with Crippen LogP contribution in [0.25, 0.3) is 0 Å². The van der Waals surface area contributed by atoms with Crippen molar-refractivity contribution in [3.05, 3.63) is 35.4 Å². The maximum Gasteiger partial charge on any atom is 0.166 e. The van der Waals surface area contributed by atoms with Crippen molar-refractivity contribution in [3.63, 3.8) is 0 Å². The standard InChI is InChI=1S/C11H12F2O2/c1-15-6-2-3-11(14)9-7-8(12)4-5-10(9)13/h4-5,7H,2-3,6H2,1H3. The fourth-order valence-corrected chi connectivity index (χ4v) is 1.22. The predicted molar refractivity (Wildman–Crippen MR) is 51.8 cm³/mol. The zero-order chi connectivity index (χ0) is 11.3. The van der Waals surface area contributed by atoms with E-state index in [1.807, 2.05) is 0 Å². The molecule has 15 heavy (non-hydrogen) atoms. The number of hydrogen-bond acceptors (Lipinski definition) is 2. The summed E-state index contributed by atoms with van der Waals surface area (Å²) in [6, 6.07) is 2.87. The minimum atomic E-state index is -0.682. The Labute approximate surface area is 86.9 Å². The van der Waals surface area contributed by atoms with Crippen molar-refractivity contribution >= 4 is 5.78 Å². The lowest BCUT2D eigenvalue weighted by Crippen LogP contribution is -2.04. The molecule has 1 aromatic rings. The SMILES string of the molecule is COCCCC(=O)c1cc(F)ccc1F. The Balaban J connectivity index is 2.68. The molecule has 4 heteroatoms. The van der Waals surface area contributed by atoms with Crippen molar-refractivity contribution in [2.75, 3.05) is 13.7 Å². The van der Waals surface area contributed by atoms with Crippen LogP contribution in [0.1, 0.15) is 23.2 Å². The summed E-state index contributed by atoms with van der Waals surface area (Å²) in [5.41, 5.74) is -0.189. The molecule has 0 heterocycles. The molecule has 2 nitrogen and oxygen atoms in total. The van der Waals surface area contributed by atoms with E-state index in [2.05, 4.69) is 0 Å². The first-order valence-corrected chi connectivity index (χ1v) is 4.62. The van der Waals surface area contributed by atoms with Gasteiger partial charge in [0.15, 0.2) is 5.78 Å². The van der Waals surface area contributed by atoms with Gasteiger partial charge in [-0.15, -0.1) is 0 Å². The van der Waals surface area contributed by atoms with Gasteiger partial charge in [0.25, 0.3) is 0 Å². The lowest BCUT2D eigenvalue weighted by atomic mass is 10.1. The van der Waals surface area contributed by atoms with E-state index in [0.29, 0.717) is 13.0 Å². The lowest BCUT2D eigenvalue weighted by Gasteiger charge is -2.02. The number of Topliss-reactive ketones (excluding diaryl/α,β-unsaturated/α-hetero) is 1. The number of carbonyl (C=O) groups is 1. The van der Waals surface area contributed by atoms with Crippen molar-refractivity contribution in [2.45, 2.75) is 12.8 Å². The maximum absolute atomic E-state index is 13.1. The number of benzene rings is 1. The van der Waals surface area contributed by atoms with Crippen LogP contribution in [0.5, 0.6) is 0 Å². The second-order valence-corrected chi connectivity index (χ2v) is 3.14. The molecule has 0 spiro atoms. The Morgan fingerprint density at radius 1 is 1.40 bits per heavy atom. The first-order valence-electron chi connectivity index (χ1n) is 4.62. The van der Waals surface area contributed by atoms with Gasteiger partial charge in [-0.25, -0.2) is 8.78 Å². The third-order valence-corrected chi connectivity index (χ3v) is 1.98. The van der Waals surface area contributed by atoms with Gasteiger partial charge in [-0.3, -0.25) is 4.79 Å². The van der Waals surface area contributed by atoms with Gasteiger partial charge in [0.1, 0.15) is 11.6 Å². The first kappa shape index (κ1) is 11.8. The Kier molecular flexibility index (Phi) is 4.37. The van der Waals surface area contributed by atoms with Gasteiger partial charge in [0.05, 0.1) is 5.56 Å². The van der Waals surface area contributed by atoms with Crippen molar-refractivity contribution in [2.24, 2.45) is 0 Å². The highest BCUT2D eigenvalue weighted by molar-refractivity contribution is 5.96. The molecule has 0 saturated heterocycles. The summed E-state index contributed by atoms with van der Waals surface area (Å²) in [7, 11) is 1.52. The number of methoxy groups -OCH3 is 1. The van der Waals surface area contributed by atoms with E-state index in [9.17, 15) is 13.6 Å². The Bertz CT molecular complexity index is 350. The van der Waals surface area contributed by atoms with E-state index >= 15 is 0 Å². The average molecular weight is 214 g/mol. The largest absolute Gasteiger partial charge is 0.385 e. The van der Waals surface area contributed by atoms with Gasteiger partial charge in [-0.1, -0.05) is 0 Å². The second-order valence-electron chi connectivity index (χ2n) is 3.14. The minimum absolute atomic E-state index is 0.161. The van der Waals surface area contributed by atoms with Gasteiger partial charge in [0.2, 0.25) is 0 Å².